The van der Waals surface area contributed by atoms with E-state index in [4.69, 9.17) is 0 Å². The van der Waals surface area contributed by atoms with Gasteiger partial charge in [0.1, 0.15) is 11.5 Å². The van der Waals surface area contributed by atoms with Crippen LogP contribution in [0.5, 0.6) is 0 Å². The van der Waals surface area contributed by atoms with Gasteiger partial charge in [-0.15, -0.1) is 0 Å². The Bertz CT molecular complexity index is 351. The highest BCUT2D eigenvalue weighted by Crippen LogP contribution is 2.51. The molecule has 0 radical (unpaired) electrons. The molecule has 0 saturated heterocycles. The third-order valence-corrected chi connectivity index (χ3v) is 3.46. The fraction of sp³-hybridized carbons (Fsp3) is 0.538. The Morgan fingerprint density at radius 3 is 2.53 bits per heavy atom. The van der Waals surface area contributed by atoms with Crippen LogP contribution in [0.4, 0.5) is 8.78 Å². The van der Waals surface area contributed by atoms with Crippen molar-refractivity contribution in [1.29, 1.82) is 0 Å². The first kappa shape index (κ1) is 10.6. The molecule has 0 spiro atoms. The van der Waals surface area contributed by atoms with Crippen LogP contribution in [-0.4, -0.2) is 0 Å². The van der Waals surface area contributed by atoms with E-state index in [-0.39, 0.29) is 5.82 Å². The number of benzene rings is 1. The predicted molar refractivity (Wildman–Crippen MR) is 56.7 cm³/mol. The zero-order valence-electron chi connectivity index (χ0n) is 9.13. The number of hydrogen-bond acceptors (Lipinski definition) is 0. The number of alkyl halides is 1. The zero-order chi connectivity index (χ0) is 11.1. The highest BCUT2D eigenvalue weighted by Gasteiger charge is 2.47. The summed E-state index contributed by atoms with van der Waals surface area (Å²) in [5.74, 6) is 0.609. The van der Waals surface area contributed by atoms with Crippen LogP contribution in [0.2, 0.25) is 0 Å². The molecule has 2 rings (SSSR count). The second kappa shape index (κ2) is 3.58. The Labute approximate surface area is 89.3 Å². The van der Waals surface area contributed by atoms with E-state index in [0.717, 1.165) is 0 Å². The smallest absolute Gasteiger partial charge is 0.136 e. The Morgan fingerprint density at radius 1 is 1.33 bits per heavy atom. The van der Waals surface area contributed by atoms with Crippen molar-refractivity contribution in [1.82, 2.24) is 0 Å². The zero-order valence-corrected chi connectivity index (χ0v) is 9.13. The normalized spacial score (nSPS) is 30.3. The first-order chi connectivity index (χ1) is 7.01. The van der Waals surface area contributed by atoms with Gasteiger partial charge >= 0.3 is 0 Å². The van der Waals surface area contributed by atoms with Crippen molar-refractivity contribution in [3.63, 3.8) is 0 Å². The lowest BCUT2D eigenvalue weighted by Gasteiger charge is -2.44. The average Bonchev–Trinajstić information content (AvgIpc) is 2.12. The summed E-state index contributed by atoms with van der Waals surface area (Å²) in [6, 6.07) is 5.93. The van der Waals surface area contributed by atoms with Crippen molar-refractivity contribution in [2.24, 2.45) is 11.8 Å². The van der Waals surface area contributed by atoms with Crippen LogP contribution in [0.1, 0.15) is 32.3 Å². The molecule has 0 aromatic heterocycles. The van der Waals surface area contributed by atoms with Gasteiger partial charge in [0, 0.05) is 0 Å². The molecule has 1 saturated carbocycles. The Hall–Kier alpha value is -0.920. The summed E-state index contributed by atoms with van der Waals surface area (Å²) in [5.41, 5.74) is -0.781. The van der Waals surface area contributed by atoms with Crippen molar-refractivity contribution in [2.45, 2.75) is 32.4 Å². The van der Waals surface area contributed by atoms with Crippen LogP contribution in [0.3, 0.4) is 0 Å². The molecule has 1 aliphatic rings. The van der Waals surface area contributed by atoms with E-state index in [0.29, 0.717) is 30.2 Å². The van der Waals surface area contributed by atoms with E-state index in [1.807, 2.05) is 0 Å². The van der Waals surface area contributed by atoms with Gasteiger partial charge in [-0.25, -0.2) is 8.78 Å². The third-order valence-electron chi connectivity index (χ3n) is 3.46. The Kier molecular flexibility index (Phi) is 2.53. The summed E-state index contributed by atoms with van der Waals surface area (Å²) < 4.78 is 27.2. The molecule has 0 atom stereocenters. The van der Waals surface area contributed by atoms with Gasteiger partial charge in [0.15, 0.2) is 0 Å². The van der Waals surface area contributed by atoms with Gasteiger partial charge in [-0.1, -0.05) is 26.0 Å². The Balaban J connectivity index is 2.13. The fourth-order valence-electron chi connectivity index (χ4n) is 2.25. The molecular weight excluding hydrogens is 194 g/mol. The van der Waals surface area contributed by atoms with Crippen LogP contribution in [-0.2, 0) is 5.67 Å². The topological polar surface area (TPSA) is 0 Å². The van der Waals surface area contributed by atoms with Gasteiger partial charge in [0.2, 0.25) is 0 Å². The molecule has 1 aromatic carbocycles. The molecule has 0 heterocycles. The molecule has 2 heteroatoms. The van der Waals surface area contributed by atoms with Gasteiger partial charge < -0.3 is 0 Å². The number of halogens is 2. The first-order valence-electron chi connectivity index (χ1n) is 5.46. The van der Waals surface area contributed by atoms with Crippen molar-refractivity contribution in [2.75, 3.05) is 0 Å². The molecule has 1 aliphatic carbocycles. The average molecular weight is 210 g/mol. The molecule has 0 aliphatic heterocycles. The van der Waals surface area contributed by atoms with Gasteiger partial charge in [-0.05, 0) is 42.4 Å². The van der Waals surface area contributed by atoms with E-state index < -0.39 is 5.67 Å². The minimum Gasteiger partial charge on any atom is -0.239 e. The van der Waals surface area contributed by atoms with E-state index in [1.54, 1.807) is 12.1 Å². The van der Waals surface area contributed by atoms with Gasteiger partial charge in [0.05, 0.1) is 0 Å². The van der Waals surface area contributed by atoms with Gasteiger partial charge in [-0.3, -0.25) is 0 Å². The molecule has 1 aromatic rings. The van der Waals surface area contributed by atoms with E-state index >= 15 is 0 Å². The first-order valence-corrected chi connectivity index (χ1v) is 5.46. The Morgan fingerprint density at radius 2 is 2.00 bits per heavy atom. The second-order valence-corrected chi connectivity index (χ2v) is 4.89. The van der Waals surface area contributed by atoms with Crippen molar-refractivity contribution in [3.8, 4) is 0 Å². The molecule has 82 valence electrons. The monoisotopic (exact) mass is 210 g/mol. The van der Waals surface area contributed by atoms with Crippen molar-refractivity contribution >= 4 is 0 Å². The molecule has 0 unspecified atom stereocenters. The predicted octanol–water partition coefficient (Wildman–Crippen LogP) is 4.06. The van der Waals surface area contributed by atoms with E-state index in [2.05, 4.69) is 13.8 Å². The van der Waals surface area contributed by atoms with E-state index in [9.17, 15) is 8.78 Å². The largest absolute Gasteiger partial charge is 0.239 e. The summed E-state index contributed by atoms with van der Waals surface area (Å²) in [5, 5.41) is 0. The fourth-order valence-corrected chi connectivity index (χ4v) is 2.25. The summed E-state index contributed by atoms with van der Waals surface area (Å²) in [4.78, 5) is 0. The quantitative estimate of drug-likeness (QED) is 0.690. The summed E-state index contributed by atoms with van der Waals surface area (Å²) >= 11 is 0. The highest BCUT2D eigenvalue weighted by molar-refractivity contribution is 5.26. The van der Waals surface area contributed by atoms with Crippen LogP contribution in [0, 0.1) is 17.7 Å². The minimum atomic E-state index is -1.28. The lowest BCUT2D eigenvalue weighted by Crippen LogP contribution is -2.39. The number of rotatable bonds is 2. The van der Waals surface area contributed by atoms with Gasteiger partial charge in [0.25, 0.3) is 0 Å². The molecule has 0 bridgehead atoms. The van der Waals surface area contributed by atoms with Crippen molar-refractivity contribution < 1.29 is 8.78 Å². The van der Waals surface area contributed by atoms with E-state index in [1.165, 1.54) is 12.1 Å². The van der Waals surface area contributed by atoms with Gasteiger partial charge in [-0.2, -0.15) is 0 Å². The third kappa shape index (κ3) is 1.90. The van der Waals surface area contributed by atoms with Crippen LogP contribution in [0.25, 0.3) is 0 Å². The van der Waals surface area contributed by atoms with Crippen molar-refractivity contribution in [3.05, 3.63) is 35.6 Å². The SMILES string of the molecule is CC(C)C1CC(F)(c2cccc(F)c2)C1. The maximum absolute atomic E-state index is 14.3. The lowest BCUT2D eigenvalue weighted by atomic mass is 9.65. The molecule has 15 heavy (non-hydrogen) atoms. The van der Waals surface area contributed by atoms with Crippen LogP contribution >= 0.6 is 0 Å². The maximum Gasteiger partial charge on any atom is 0.136 e. The molecule has 1 fully saturated rings. The number of hydrogen-bond donors (Lipinski definition) is 0. The summed E-state index contributed by atoms with van der Waals surface area (Å²) in [7, 11) is 0. The molecule has 0 N–H and O–H groups in total. The summed E-state index contributed by atoms with van der Waals surface area (Å²) in [6.45, 7) is 4.21. The van der Waals surface area contributed by atoms with Crippen LogP contribution < -0.4 is 0 Å². The van der Waals surface area contributed by atoms with Crippen LogP contribution in [0.15, 0.2) is 24.3 Å². The highest BCUT2D eigenvalue weighted by atomic mass is 19.1. The second-order valence-electron chi connectivity index (χ2n) is 4.89. The molecule has 0 nitrogen and oxygen atoms in total. The lowest BCUT2D eigenvalue weighted by molar-refractivity contribution is -0.0186. The maximum atomic E-state index is 14.3. The minimum absolute atomic E-state index is 0.350. The molecule has 0 amide bonds. The standard InChI is InChI=1S/C13H16F2/c1-9(2)10-7-13(15,8-10)11-4-3-5-12(14)6-11/h3-6,9-10H,7-8H2,1-2H3. The summed E-state index contributed by atoms with van der Waals surface area (Å²) in [6.07, 6.45) is 1.07. The molecular formula is C13H16F2.